The van der Waals surface area contributed by atoms with Gasteiger partial charge in [-0.3, -0.25) is 9.69 Å². The molecule has 1 aliphatic rings. The van der Waals surface area contributed by atoms with Crippen LogP contribution >= 0.6 is 0 Å². The maximum atomic E-state index is 13.1. The number of likely N-dealkylation sites (tertiary alicyclic amines) is 1. The number of amides is 1. The van der Waals surface area contributed by atoms with Gasteiger partial charge in [-0.15, -0.1) is 0 Å². The third-order valence-electron chi connectivity index (χ3n) is 5.15. The molecule has 0 spiro atoms. The number of carbonyl (C=O) groups is 1. The van der Waals surface area contributed by atoms with Gasteiger partial charge >= 0.3 is 0 Å². The van der Waals surface area contributed by atoms with Gasteiger partial charge in [-0.05, 0) is 70.3 Å². The molecule has 0 radical (unpaired) electrons. The van der Waals surface area contributed by atoms with Crippen LogP contribution in [0, 0.1) is 11.7 Å². The van der Waals surface area contributed by atoms with E-state index in [1.165, 1.54) is 12.1 Å². The fourth-order valence-electron chi connectivity index (χ4n) is 3.46. The Labute approximate surface area is 144 Å². The predicted octanol–water partition coefficient (Wildman–Crippen LogP) is 2.83. The summed E-state index contributed by atoms with van der Waals surface area (Å²) in [6.45, 7) is 8.53. The van der Waals surface area contributed by atoms with Crippen molar-refractivity contribution in [1.29, 1.82) is 0 Å². The van der Waals surface area contributed by atoms with Crippen molar-refractivity contribution in [1.82, 2.24) is 9.80 Å². The van der Waals surface area contributed by atoms with Crippen LogP contribution in [0.1, 0.15) is 45.2 Å². The fourth-order valence-corrected chi connectivity index (χ4v) is 3.46. The van der Waals surface area contributed by atoms with E-state index in [1.807, 2.05) is 25.7 Å². The second-order valence-corrected chi connectivity index (χ2v) is 6.76. The summed E-state index contributed by atoms with van der Waals surface area (Å²) < 4.78 is 13.1. The number of halogens is 1. The molecule has 0 aromatic heterocycles. The van der Waals surface area contributed by atoms with Gasteiger partial charge in [0.1, 0.15) is 5.82 Å². The van der Waals surface area contributed by atoms with Crippen LogP contribution in [-0.4, -0.2) is 53.1 Å². The van der Waals surface area contributed by atoms with E-state index in [0.717, 1.165) is 31.5 Å². The summed E-state index contributed by atoms with van der Waals surface area (Å²) >= 11 is 0. The minimum atomic E-state index is -0.270. The van der Waals surface area contributed by atoms with E-state index in [4.69, 9.17) is 0 Å². The fraction of sp³-hybridized carbons (Fsp3) is 0.632. The van der Waals surface area contributed by atoms with Crippen LogP contribution in [0.3, 0.4) is 0 Å². The number of hydrogen-bond acceptors (Lipinski definition) is 3. The van der Waals surface area contributed by atoms with Crippen molar-refractivity contribution >= 4 is 5.91 Å². The van der Waals surface area contributed by atoms with Gasteiger partial charge in [0.15, 0.2) is 0 Å². The molecule has 1 heterocycles. The van der Waals surface area contributed by atoms with E-state index < -0.39 is 0 Å². The molecule has 24 heavy (non-hydrogen) atoms. The van der Waals surface area contributed by atoms with E-state index in [0.29, 0.717) is 19.0 Å². The first-order valence-corrected chi connectivity index (χ1v) is 8.87. The van der Waals surface area contributed by atoms with Crippen LogP contribution in [0.2, 0.25) is 0 Å². The number of likely N-dealkylation sites (N-methyl/N-ethyl adjacent to an activating group) is 1. The van der Waals surface area contributed by atoms with Gasteiger partial charge in [-0.2, -0.15) is 0 Å². The lowest BCUT2D eigenvalue weighted by Crippen LogP contribution is -2.45. The number of benzene rings is 1. The molecule has 5 heteroatoms. The molecule has 1 fully saturated rings. The molecular formula is C19H29FN2O2. The molecule has 2 unspecified atom stereocenters. The number of aliphatic hydroxyl groups excluding tert-OH is 1. The van der Waals surface area contributed by atoms with Crippen molar-refractivity contribution in [3.63, 3.8) is 0 Å². The molecule has 2 atom stereocenters. The predicted molar refractivity (Wildman–Crippen MR) is 93.0 cm³/mol. The van der Waals surface area contributed by atoms with Gasteiger partial charge in [0.05, 0.1) is 18.7 Å². The summed E-state index contributed by atoms with van der Waals surface area (Å²) in [4.78, 5) is 16.7. The van der Waals surface area contributed by atoms with E-state index in [9.17, 15) is 14.3 Å². The standard InChI is InChI=1S/C19H29FN2O2/c1-4-22(14(2)16-5-7-18(20)8-6-16)19(24)13-21-11-9-17(10-12-21)15(3)23/h5-8,14-15,17,23H,4,9-13H2,1-3H3. The first kappa shape index (κ1) is 18.9. The number of piperidine rings is 1. The van der Waals surface area contributed by atoms with Gasteiger partial charge in [0, 0.05) is 6.54 Å². The van der Waals surface area contributed by atoms with Crippen LogP contribution in [0.5, 0.6) is 0 Å². The van der Waals surface area contributed by atoms with Crippen LogP contribution in [0.25, 0.3) is 0 Å². The molecule has 1 N–H and O–H groups in total. The van der Waals surface area contributed by atoms with Crippen LogP contribution in [0.15, 0.2) is 24.3 Å². The normalized spacial score (nSPS) is 19.0. The molecule has 2 rings (SSSR count). The zero-order valence-corrected chi connectivity index (χ0v) is 14.9. The number of aliphatic hydroxyl groups is 1. The number of nitrogens with zero attached hydrogens (tertiary/aromatic N) is 2. The second-order valence-electron chi connectivity index (χ2n) is 6.76. The molecular weight excluding hydrogens is 307 g/mol. The topological polar surface area (TPSA) is 43.8 Å². The van der Waals surface area contributed by atoms with Gasteiger partial charge in [0.2, 0.25) is 5.91 Å². The molecule has 4 nitrogen and oxygen atoms in total. The molecule has 0 bridgehead atoms. The SMILES string of the molecule is CCN(C(=O)CN1CCC(C(C)O)CC1)C(C)c1ccc(F)cc1. The van der Waals surface area contributed by atoms with Crippen molar-refractivity contribution in [3.8, 4) is 0 Å². The maximum Gasteiger partial charge on any atom is 0.237 e. The molecule has 1 amide bonds. The first-order chi connectivity index (χ1) is 11.4. The number of rotatable bonds is 6. The van der Waals surface area contributed by atoms with E-state index in [-0.39, 0.29) is 23.9 Å². The van der Waals surface area contributed by atoms with Crippen LogP contribution < -0.4 is 0 Å². The molecule has 1 aromatic carbocycles. The molecule has 0 saturated carbocycles. The summed E-state index contributed by atoms with van der Waals surface area (Å²) in [5, 5.41) is 9.67. The molecule has 1 aromatic rings. The number of carbonyl (C=O) groups excluding carboxylic acids is 1. The second kappa shape index (κ2) is 8.58. The van der Waals surface area contributed by atoms with Crippen molar-refractivity contribution in [2.75, 3.05) is 26.2 Å². The van der Waals surface area contributed by atoms with Gasteiger partial charge in [-0.25, -0.2) is 4.39 Å². The summed E-state index contributed by atoms with van der Waals surface area (Å²) in [7, 11) is 0. The lowest BCUT2D eigenvalue weighted by molar-refractivity contribution is -0.134. The summed E-state index contributed by atoms with van der Waals surface area (Å²) in [5.41, 5.74) is 0.944. The Bertz CT molecular complexity index is 525. The highest BCUT2D eigenvalue weighted by atomic mass is 19.1. The summed E-state index contributed by atoms with van der Waals surface area (Å²) in [6.07, 6.45) is 1.60. The van der Waals surface area contributed by atoms with Gasteiger partial charge in [-0.1, -0.05) is 12.1 Å². The Morgan fingerprint density at radius 1 is 1.29 bits per heavy atom. The Morgan fingerprint density at radius 2 is 1.88 bits per heavy atom. The Morgan fingerprint density at radius 3 is 2.38 bits per heavy atom. The largest absolute Gasteiger partial charge is 0.393 e. The average molecular weight is 336 g/mol. The third-order valence-corrected chi connectivity index (χ3v) is 5.15. The Kier molecular flexibility index (Phi) is 6.75. The van der Waals surface area contributed by atoms with Crippen LogP contribution in [-0.2, 0) is 4.79 Å². The van der Waals surface area contributed by atoms with Crippen LogP contribution in [0.4, 0.5) is 4.39 Å². The lowest BCUT2D eigenvalue weighted by atomic mass is 9.92. The highest BCUT2D eigenvalue weighted by molar-refractivity contribution is 5.78. The monoisotopic (exact) mass is 336 g/mol. The summed E-state index contributed by atoms with van der Waals surface area (Å²) in [6, 6.07) is 6.28. The molecule has 1 saturated heterocycles. The average Bonchev–Trinajstić information content (AvgIpc) is 2.56. The van der Waals surface area contributed by atoms with E-state index in [1.54, 1.807) is 12.1 Å². The first-order valence-electron chi connectivity index (χ1n) is 8.87. The highest BCUT2D eigenvalue weighted by Gasteiger charge is 2.26. The van der Waals surface area contributed by atoms with Crippen molar-refractivity contribution in [2.24, 2.45) is 5.92 Å². The Balaban J connectivity index is 1.93. The smallest absolute Gasteiger partial charge is 0.237 e. The van der Waals surface area contributed by atoms with Crippen molar-refractivity contribution < 1.29 is 14.3 Å². The Hall–Kier alpha value is -1.46. The van der Waals surface area contributed by atoms with Crippen molar-refractivity contribution in [2.45, 2.75) is 45.8 Å². The van der Waals surface area contributed by atoms with Gasteiger partial charge < -0.3 is 10.0 Å². The van der Waals surface area contributed by atoms with E-state index in [2.05, 4.69) is 4.90 Å². The minimum absolute atomic E-state index is 0.0712. The van der Waals surface area contributed by atoms with E-state index >= 15 is 0 Å². The molecule has 134 valence electrons. The summed E-state index contributed by atoms with van der Waals surface area (Å²) in [5.74, 6) is 0.183. The highest BCUT2D eigenvalue weighted by Crippen LogP contribution is 2.23. The number of hydrogen-bond donors (Lipinski definition) is 1. The lowest BCUT2D eigenvalue weighted by Gasteiger charge is -2.35. The molecule has 0 aliphatic carbocycles. The van der Waals surface area contributed by atoms with Gasteiger partial charge in [0.25, 0.3) is 0 Å². The van der Waals surface area contributed by atoms with Crippen molar-refractivity contribution in [3.05, 3.63) is 35.6 Å². The third kappa shape index (κ3) is 4.77. The quantitative estimate of drug-likeness (QED) is 0.869. The molecule has 1 aliphatic heterocycles. The minimum Gasteiger partial charge on any atom is -0.393 e. The maximum absolute atomic E-state index is 13.1. The zero-order chi connectivity index (χ0) is 17.7. The zero-order valence-electron chi connectivity index (χ0n) is 14.9.